The molecule has 0 aromatic rings. The fourth-order valence-electron chi connectivity index (χ4n) is 3.86. The van der Waals surface area contributed by atoms with Crippen LogP contribution < -0.4 is 5.32 Å². The maximum atomic E-state index is 3.88. The molecule has 4 atom stereocenters. The van der Waals surface area contributed by atoms with Crippen molar-refractivity contribution in [3.8, 4) is 0 Å². The SMILES string of the molecule is CC(C)C1CCCC(NCC2CCCC2C)C1. The molecule has 0 aromatic carbocycles. The lowest BCUT2D eigenvalue weighted by Crippen LogP contribution is -2.38. The molecule has 17 heavy (non-hydrogen) atoms. The largest absolute Gasteiger partial charge is 0.314 e. The Labute approximate surface area is 108 Å². The van der Waals surface area contributed by atoms with Crippen LogP contribution in [0.3, 0.4) is 0 Å². The summed E-state index contributed by atoms with van der Waals surface area (Å²) in [6.07, 6.45) is 10.2. The lowest BCUT2D eigenvalue weighted by molar-refractivity contribution is 0.222. The smallest absolute Gasteiger partial charge is 0.00699 e. The molecule has 0 bridgehead atoms. The molecule has 0 amide bonds. The van der Waals surface area contributed by atoms with Crippen LogP contribution >= 0.6 is 0 Å². The zero-order valence-electron chi connectivity index (χ0n) is 12.0. The molecule has 0 aliphatic heterocycles. The Morgan fingerprint density at radius 3 is 2.47 bits per heavy atom. The van der Waals surface area contributed by atoms with Gasteiger partial charge in [-0.3, -0.25) is 0 Å². The Balaban J connectivity index is 1.71. The van der Waals surface area contributed by atoms with E-state index in [1.807, 2.05) is 0 Å². The summed E-state index contributed by atoms with van der Waals surface area (Å²) in [6.45, 7) is 8.52. The van der Waals surface area contributed by atoms with Gasteiger partial charge in [0, 0.05) is 6.04 Å². The van der Waals surface area contributed by atoms with Gasteiger partial charge in [0.1, 0.15) is 0 Å². The molecule has 2 saturated carbocycles. The van der Waals surface area contributed by atoms with Gasteiger partial charge < -0.3 is 5.32 Å². The summed E-state index contributed by atoms with van der Waals surface area (Å²) in [5.41, 5.74) is 0. The highest BCUT2D eigenvalue weighted by Gasteiger charge is 2.27. The van der Waals surface area contributed by atoms with E-state index in [4.69, 9.17) is 0 Å². The molecule has 1 N–H and O–H groups in total. The van der Waals surface area contributed by atoms with Gasteiger partial charge in [0.2, 0.25) is 0 Å². The second kappa shape index (κ2) is 6.22. The molecule has 2 aliphatic carbocycles. The van der Waals surface area contributed by atoms with Crippen LogP contribution in [0.15, 0.2) is 0 Å². The van der Waals surface area contributed by atoms with Crippen molar-refractivity contribution in [2.24, 2.45) is 23.7 Å². The summed E-state index contributed by atoms with van der Waals surface area (Å²) in [5.74, 6) is 3.79. The van der Waals surface area contributed by atoms with Gasteiger partial charge in [-0.15, -0.1) is 0 Å². The highest BCUT2D eigenvalue weighted by Crippen LogP contribution is 2.32. The molecule has 2 aliphatic rings. The van der Waals surface area contributed by atoms with Crippen molar-refractivity contribution in [3.63, 3.8) is 0 Å². The summed E-state index contributed by atoms with van der Waals surface area (Å²) >= 11 is 0. The number of hydrogen-bond donors (Lipinski definition) is 1. The Morgan fingerprint density at radius 1 is 1.06 bits per heavy atom. The van der Waals surface area contributed by atoms with E-state index in [1.165, 1.54) is 51.5 Å². The van der Waals surface area contributed by atoms with Gasteiger partial charge in [-0.05, 0) is 49.5 Å². The first-order chi connectivity index (χ1) is 8.16. The van der Waals surface area contributed by atoms with Crippen molar-refractivity contribution >= 4 is 0 Å². The van der Waals surface area contributed by atoms with Crippen molar-refractivity contribution in [2.75, 3.05) is 6.54 Å². The molecule has 1 nitrogen and oxygen atoms in total. The Morgan fingerprint density at radius 2 is 1.82 bits per heavy atom. The average Bonchev–Trinajstić information content (AvgIpc) is 2.72. The van der Waals surface area contributed by atoms with E-state index in [2.05, 4.69) is 26.1 Å². The Hall–Kier alpha value is -0.0400. The van der Waals surface area contributed by atoms with Gasteiger partial charge in [0.25, 0.3) is 0 Å². The topological polar surface area (TPSA) is 12.0 Å². The summed E-state index contributed by atoms with van der Waals surface area (Å²) in [4.78, 5) is 0. The van der Waals surface area contributed by atoms with E-state index in [0.29, 0.717) is 0 Å². The van der Waals surface area contributed by atoms with Gasteiger partial charge in [-0.25, -0.2) is 0 Å². The van der Waals surface area contributed by atoms with Crippen molar-refractivity contribution in [2.45, 2.75) is 71.8 Å². The summed E-state index contributed by atoms with van der Waals surface area (Å²) < 4.78 is 0. The molecular weight excluding hydrogens is 206 g/mol. The van der Waals surface area contributed by atoms with E-state index < -0.39 is 0 Å². The quantitative estimate of drug-likeness (QED) is 0.771. The maximum Gasteiger partial charge on any atom is 0.00699 e. The highest BCUT2D eigenvalue weighted by molar-refractivity contribution is 4.82. The molecular formula is C16H31N. The van der Waals surface area contributed by atoms with Gasteiger partial charge in [-0.1, -0.05) is 46.5 Å². The molecule has 0 aromatic heterocycles. The van der Waals surface area contributed by atoms with Crippen molar-refractivity contribution in [1.29, 1.82) is 0 Å². The first-order valence-corrected chi connectivity index (χ1v) is 7.90. The number of rotatable bonds is 4. The Kier molecular flexibility index (Phi) is 4.90. The highest BCUT2D eigenvalue weighted by atomic mass is 14.9. The van der Waals surface area contributed by atoms with E-state index in [9.17, 15) is 0 Å². The minimum Gasteiger partial charge on any atom is -0.314 e. The van der Waals surface area contributed by atoms with Crippen molar-refractivity contribution in [3.05, 3.63) is 0 Å². The predicted octanol–water partition coefficient (Wildman–Crippen LogP) is 4.23. The first kappa shape index (κ1) is 13.4. The minimum atomic E-state index is 0.823. The predicted molar refractivity (Wildman–Crippen MR) is 75.1 cm³/mol. The van der Waals surface area contributed by atoms with Crippen LogP contribution in [0.4, 0.5) is 0 Å². The van der Waals surface area contributed by atoms with Crippen LogP contribution in [0.2, 0.25) is 0 Å². The average molecular weight is 237 g/mol. The molecule has 2 fully saturated rings. The molecule has 4 unspecified atom stereocenters. The number of hydrogen-bond acceptors (Lipinski definition) is 1. The molecule has 0 heterocycles. The standard InChI is InChI=1S/C16H31N/c1-12(2)14-7-5-9-16(10-14)17-11-15-8-4-6-13(15)3/h12-17H,4-11H2,1-3H3. The van der Waals surface area contributed by atoms with E-state index >= 15 is 0 Å². The summed E-state index contributed by atoms with van der Waals surface area (Å²) in [7, 11) is 0. The van der Waals surface area contributed by atoms with Gasteiger partial charge in [0.05, 0.1) is 0 Å². The van der Waals surface area contributed by atoms with Crippen LogP contribution in [0, 0.1) is 23.7 Å². The fraction of sp³-hybridized carbons (Fsp3) is 1.00. The second-order valence-corrected chi connectivity index (χ2v) is 6.94. The van der Waals surface area contributed by atoms with Gasteiger partial charge >= 0.3 is 0 Å². The van der Waals surface area contributed by atoms with Crippen molar-refractivity contribution < 1.29 is 0 Å². The second-order valence-electron chi connectivity index (χ2n) is 6.94. The van der Waals surface area contributed by atoms with E-state index in [1.54, 1.807) is 0 Å². The minimum absolute atomic E-state index is 0.823. The van der Waals surface area contributed by atoms with Crippen LogP contribution in [0.25, 0.3) is 0 Å². The zero-order chi connectivity index (χ0) is 12.3. The summed E-state index contributed by atoms with van der Waals surface area (Å²) in [6, 6.07) is 0.823. The van der Waals surface area contributed by atoms with E-state index in [-0.39, 0.29) is 0 Å². The molecule has 0 spiro atoms. The lowest BCUT2D eigenvalue weighted by atomic mass is 9.79. The first-order valence-electron chi connectivity index (χ1n) is 7.90. The van der Waals surface area contributed by atoms with E-state index in [0.717, 1.165) is 29.7 Å². The van der Waals surface area contributed by atoms with Crippen molar-refractivity contribution in [1.82, 2.24) is 5.32 Å². The molecule has 2 rings (SSSR count). The lowest BCUT2D eigenvalue weighted by Gasteiger charge is -2.33. The van der Waals surface area contributed by atoms with Crippen LogP contribution in [-0.2, 0) is 0 Å². The van der Waals surface area contributed by atoms with Crippen LogP contribution in [0.1, 0.15) is 65.7 Å². The van der Waals surface area contributed by atoms with Gasteiger partial charge in [-0.2, -0.15) is 0 Å². The zero-order valence-corrected chi connectivity index (χ0v) is 12.0. The summed E-state index contributed by atoms with van der Waals surface area (Å²) in [5, 5.41) is 3.88. The normalized spacial score (nSPS) is 38.8. The number of nitrogens with one attached hydrogen (secondary N) is 1. The third kappa shape index (κ3) is 3.71. The molecule has 0 saturated heterocycles. The maximum absolute atomic E-state index is 3.88. The molecule has 0 radical (unpaired) electrons. The third-order valence-electron chi connectivity index (χ3n) is 5.37. The van der Waals surface area contributed by atoms with Crippen LogP contribution in [-0.4, -0.2) is 12.6 Å². The Bertz CT molecular complexity index is 224. The monoisotopic (exact) mass is 237 g/mol. The fourth-order valence-corrected chi connectivity index (χ4v) is 3.86. The molecule has 100 valence electrons. The molecule has 1 heteroatoms. The van der Waals surface area contributed by atoms with Gasteiger partial charge in [0.15, 0.2) is 0 Å². The third-order valence-corrected chi connectivity index (χ3v) is 5.37. The van der Waals surface area contributed by atoms with Crippen LogP contribution in [0.5, 0.6) is 0 Å².